The Balaban J connectivity index is 1.48. The summed E-state index contributed by atoms with van der Waals surface area (Å²) in [6, 6.07) is 9.94. The lowest BCUT2D eigenvalue weighted by atomic mass is 10.0. The zero-order valence-corrected chi connectivity index (χ0v) is 17.1. The third-order valence-electron chi connectivity index (χ3n) is 4.47. The molecular formula is C20H33N3O3S. The summed E-state index contributed by atoms with van der Waals surface area (Å²) in [5, 5.41) is 6.49. The van der Waals surface area contributed by atoms with Crippen LogP contribution < -0.4 is 10.6 Å². The number of ether oxygens (including phenoxy) is 2. The first-order chi connectivity index (χ1) is 13.3. The summed E-state index contributed by atoms with van der Waals surface area (Å²) in [7, 11) is 0.872. The molecule has 1 aliphatic rings. The summed E-state index contributed by atoms with van der Waals surface area (Å²) in [4.78, 5) is 4.20. The van der Waals surface area contributed by atoms with Crippen LogP contribution in [0.3, 0.4) is 0 Å². The molecule has 2 N–H and O–H groups in total. The van der Waals surface area contributed by atoms with Crippen LogP contribution in [0.15, 0.2) is 35.3 Å². The van der Waals surface area contributed by atoms with Gasteiger partial charge in [0.05, 0.1) is 0 Å². The molecule has 1 aliphatic heterocycles. The molecule has 0 aliphatic carbocycles. The van der Waals surface area contributed by atoms with E-state index < -0.39 is 10.8 Å². The number of nitrogens with one attached hydrogen (secondary N) is 2. The van der Waals surface area contributed by atoms with E-state index in [0.29, 0.717) is 24.0 Å². The third kappa shape index (κ3) is 9.89. The first kappa shape index (κ1) is 21.9. The molecule has 1 heterocycles. The molecule has 0 saturated carbocycles. The van der Waals surface area contributed by atoms with Crippen LogP contribution >= 0.6 is 0 Å². The van der Waals surface area contributed by atoms with Crippen molar-refractivity contribution in [1.29, 1.82) is 0 Å². The highest BCUT2D eigenvalue weighted by Gasteiger charge is 2.13. The molecular weight excluding hydrogens is 362 g/mol. The number of guanidine groups is 1. The second-order valence-electron chi connectivity index (χ2n) is 6.68. The number of aliphatic imine (C=N–C) groups is 1. The number of hydrogen-bond acceptors (Lipinski definition) is 4. The molecule has 6 nitrogen and oxygen atoms in total. The molecule has 0 radical (unpaired) electrons. The maximum Gasteiger partial charge on any atom is 0.191 e. The normalized spacial score (nSPS) is 16.9. The number of hydrogen-bond donors (Lipinski definition) is 2. The molecule has 7 heteroatoms. The van der Waals surface area contributed by atoms with E-state index in [0.717, 1.165) is 63.8 Å². The lowest BCUT2D eigenvalue weighted by molar-refractivity contribution is 0.0203. The van der Waals surface area contributed by atoms with Gasteiger partial charge in [-0.1, -0.05) is 30.3 Å². The third-order valence-corrected chi connectivity index (χ3v) is 5.78. The van der Waals surface area contributed by atoms with Gasteiger partial charge in [0.2, 0.25) is 0 Å². The summed E-state index contributed by atoms with van der Waals surface area (Å²) < 4.78 is 23.2. The highest BCUT2D eigenvalue weighted by Crippen LogP contribution is 2.14. The van der Waals surface area contributed by atoms with Gasteiger partial charge in [0.1, 0.15) is 0 Å². The summed E-state index contributed by atoms with van der Waals surface area (Å²) in [6.07, 6.45) is 3.16. The fourth-order valence-electron chi connectivity index (χ4n) is 2.88. The Morgan fingerprint density at radius 3 is 2.70 bits per heavy atom. The SMILES string of the molecule is CN=C(NCCCOCC1CCOCC1)NCCS(=O)Cc1ccccc1. The van der Waals surface area contributed by atoms with Gasteiger partial charge in [0.15, 0.2) is 5.96 Å². The fraction of sp³-hybridized carbons (Fsp3) is 0.650. The van der Waals surface area contributed by atoms with Gasteiger partial charge in [-0.3, -0.25) is 9.20 Å². The average Bonchev–Trinajstić information content (AvgIpc) is 2.70. The van der Waals surface area contributed by atoms with Crippen molar-refractivity contribution in [2.24, 2.45) is 10.9 Å². The Morgan fingerprint density at radius 2 is 1.96 bits per heavy atom. The molecule has 0 spiro atoms. The highest BCUT2D eigenvalue weighted by molar-refractivity contribution is 7.84. The number of nitrogens with zero attached hydrogens (tertiary/aromatic N) is 1. The van der Waals surface area contributed by atoms with Crippen molar-refractivity contribution < 1.29 is 13.7 Å². The van der Waals surface area contributed by atoms with E-state index in [-0.39, 0.29) is 0 Å². The van der Waals surface area contributed by atoms with Crippen molar-refractivity contribution in [2.75, 3.05) is 52.3 Å². The van der Waals surface area contributed by atoms with Crippen molar-refractivity contribution in [1.82, 2.24) is 10.6 Å². The fourth-order valence-corrected chi connectivity index (χ4v) is 3.92. The van der Waals surface area contributed by atoms with Crippen LogP contribution in [-0.2, 0) is 26.0 Å². The minimum Gasteiger partial charge on any atom is -0.381 e. The second-order valence-corrected chi connectivity index (χ2v) is 8.26. The van der Waals surface area contributed by atoms with Gasteiger partial charge in [-0.15, -0.1) is 0 Å². The molecule has 1 aromatic carbocycles. The molecule has 0 amide bonds. The quantitative estimate of drug-likeness (QED) is 0.340. The van der Waals surface area contributed by atoms with Crippen LogP contribution in [-0.4, -0.2) is 62.5 Å². The van der Waals surface area contributed by atoms with Crippen molar-refractivity contribution in [3.63, 3.8) is 0 Å². The minimum absolute atomic E-state index is 0.596. The highest BCUT2D eigenvalue weighted by atomic mass is 32.2. The molecule has 0 aromatic heterocycles. The Labute approximate surface area is 165 Å². The maximum absolute atomic E-state index is 12.1. The molecule has 27 heavy (non-hydrogen) atoms. The van der Waals surface area contributed by atoms with E-state index in [2.05, 4.69) is 15.6 Å². The van der Waals surface area contributed by atoms with Gasteiger partial charge < -0.3 is 20.1 Å². The molecule has 2 rings (SSSR count). The monoisotopic (exact) mass is 395 g/mol. The lowest BCUT2D eigenvalue weighted by Gasteiger charge is -2.21. The van der Waals surface area contributed by atoms with Crippen LogP contribution in [0.2, 0.25) is 0 Å². The summed E-state index contributed by atoms with van der Waals surface area (Å²) in [5.41, 5.74) is 1.11. The predicted molar refractivity (Wildman–Crippen MR) is 111 cm³/mol. The average molecular weight is 396 g/mol. The Kier molecular flexibility index (Phi) is 11.1. The summed E-state index contributed by atoms with van der Waals surface area (Å²) >= 11 is 0. The zero-order chi connectivity index (χ0) is 19.2. The van der Waals surface area contributed by atoms with Gasteiger partial charge in [-0.25, -0.2) is 0 Å². The number of benzene rings is 1. The van der Waals surface area contributed by atoms with Crippen LogP contribution in [0.25, 0.3) is 0 Å². The largest absolute Gasteiger partial charge is 0.381 e. The van der Waals surface area contributed by atoms with Crippen molar-refractivity contribution >= 4 is 16.8 Å². The molecule has 1 fully saturated rings. The van der Waals surface area contributed by atoms with Gasteiger partial charge in [0.25, 0.3) is 0 Å². The van der Waals surface area contributed by atoms with E-state index in [1.165, 1.54) is 0 Å². The molecule has 0 bridgehead atoms. The molecule has 152 valence electrons. The van der Waals surface area contributed by atoms with E-state index >= 15 is 0 Å². The molecule has 1 unspecified atom stereocenters. The van der Waals surface area contributed by atoms with Crippen LogP contribution in [0.1, 0.15) is 24.8 Å². The van der Waals surface area contributed by atoms with Gasteiger partial charge in [-0.2, -0.15) is 0 Å². The van der Waals surface area contributed by atoms with Crippen molar-refractivity contribution in [3.8, 4) is 0 Å². The van der Waals surface area contributed by atoms with Crippen LogP contribution in [0, 0.1) is 5.92 Å². The Hall–Kier alpha value is -1.44. The molecule has 1 atom stereocenters. The number of rotatable bonds is 11. The Bertz CT molecular complexity index is 563. The van der Waals surface area contributed by atoms with Gasteiger partial charge in [-0.05, 0) is 30.7 Å². The first-order valence-electron chi connectivity index (χ1n) is 9.77. The van der Waals surface area contributed by atoms with Crippen LogP contribution in [0.4, 0.5) is 0 Å². The van der Waals surface area contributed by atoms with E-state index in [9.17, 15) is 4.21 Å². The first-order valence-corrected chi connectivity index (χ1v) is 11.3. The van der Waals surface area contributed by atoms with E-state index in [1.54, 1.807) is 7.05 Å². The van der Waals surface area contributed by atoms with E-state index in [1.807, 2.05) is 30.3 Å². The van der Waals surface area contributed by atoms with Gasteiger partial charge >= 0.3 is 0 Å². The van der Waals surface area contributed by atoms with Crippen molar-refractivity contribution in [3.05, 3.63) is 35.9 Å². The Morgan fingerprint density at radius 1 is 1.22 bits per heavy atom. The predicted octanol–water partition coefficient (Wildman–Crippen LogP) is 1.93. The zero-order valence-electron chi connectivity index (χ0n) is 16.3. The lowest BCUT2D eigenvalue weighted by Crippen LogP contribution is -2.39. The topological polar surface area (TPSA) is 72.0 Å². The van der Waals surface area contributed by atoms with Crippen molar-refractivity contribution in [2.45, 2.75) is 25.0 Å². The summed E-state index contributed by atoms with van der Waals surface area (Å²) in [5.74, 6) is 2.59. The molecule has 1 saturated heterocycles. The second kappa shape index (κ2) is 13.7. The van der Waals surface area contributed by atoms with Gasteiger partial charge in [0, 0.05) is 68.9 Å². The summed E-state index contributed by atoms with van der Waals surface area (Å²) in [6.45, 7) is 4.77. The smallest absolute Gasteiger partial charge is 0.191 e. The minimum atomic E-state index is -0.876. The van der Waals surface area contributed by atoms with Crippen LogP contribution in [0.5, 0.6) is 0 Å². The molecule has 1 aromatic rings. The van der Waals surface area contributed by atoms with E-state index in [4.69, 9.17) is 9.47 Å². The maximum atomic E-state index is 12.1. The standard InChI is InChI=1S/C20H33N3O3S/c1-21-20(22-10-5-12-26-16-18-8-13-25-14-9-18)23-11-15-27(24)17-19-6-3-2-4-7-19/h2-4,6-7,18H,5,8-17H2,1H3,(H2,21,22,23).